The van der Waals surface area contributed by atoms with Gasteiger partial charge in [-0.15, -0.1) is 41.0 Å². The van der Waals surface area contributed by atoms with Crippen LogP contribution in [-0.2, 0) is 54.2 Å². The van der Waals surface area contributed by atoms with Gasteiger partial charge in [-0.05, 0) is 78.0 Å². The van der Waals surface area contributed by atoms with Gasteiger partial charge in [0.05, 0.1) is 11.6 Å². The molecule has 9 rings (SSSR count). The Bertz CT molecular complexity index is 2750. The fraction of sp³-hybridized carbons (Fsp3) is 0.306. The summed E-state index contributed by atoms with van der Waals surface area (Å²) >= 11 is 0. The zero-order chi connectivity index (χ0) is 38.7. The molecule has 0 unspecified atom stereocenters. The van der Waals surface area contributed by atoms with Crippen molar-refractivity contribution in [2.75, 3.05) is 0 Å². The predicted molar refractivity (Wildman–Crippen MR) is 222 cm³/mol. The molecule has 1 aliphatic carbocycles. The van der Waals surface area contributed by atoms with Crippen molar-refractivity contribution in [3.63, 3.8) is 0 Å². The predicted octanol–water partition coefficient (Wildman–Crippen LogP) is 11.0. The molecule has 4 aromatic carbocycles. The topological polar surface area (TPSA) is 65.2 Å². The third-order valence-electron chi connectivity index (χ3n) is 11.8. The number of hydrogen-bond acceptors (Lipinski definition) is 5. The third-order valence-corrected chi connectivity index (χ3v) is 11.8. The monoisotopic (exact) mass is 916 g/mol. The molecule has 56 heavy (non-hydrogen) atoms. The summed E-state index contributed by atoms with van der Waals surface area (Å²) in [7, 11) is 0. The van der Waals surface area contributed by atoms with E-state index >= 15 is 0 Å². The normalized spacial score (nSPS) is 19.1. The summed E-state index contributed by atoms with van der Waals surface area (Å²) in [4.78, 5) is 20.7. The number of ether oxygens (including phenoxy) is 1. The second-order valence-corrected chi connectivity index (χ2v) is 17.8. The Morgan fingerprint density at radius 3 is 2.12 bits per heavy atom. The number of fused-ring (bicyclic) bond motifs is 8. The average molecular weight is 917 g/mol. The van der Waals surface area contributed by atoms with Gasteiger partial charge in [-0.25, -0.2) is 0 Å². The van der Waals surface area contributed by atoms with Crippen LogP contribution in [0.15, 0.2) is 96.1 Å². The first-order valence-corrected chi connectivity index (χ1v) is 19.3. The van der Waals surface area contributed by atoms with Crippen molar-refractivity contribution in [2.45, 2.75) is 97.6 Å². The van der Waals surface area contributed by atoms with Gasteiger partial charge in [-0.2, -0.15) is 0 Å². The fourth-order valence-corrected chi connectivity index (χ4v) is 8.50. The van der Waals surface area contributed by atoms with E-state index in [1.54, 1.807) is 0 Å². The minimum Gasteiger partial charge on any atom is -0.522 e. The maximum absolute atomic E-state index is 7.22. The van der Waals surface area contributed by atoms with Gasteiger partial charge in [0.25, 0.3) is 0 Å². The SMILES string of the molecule is Cc1ccc2c(c1)c1cc(C)c(-c3nccc(C(C)(C)C)n3)[c-]c1n2-c1[c-]c(C2=N[C@]3(C)c4ccccc4Cc4ccccc4[C@]3(C)O2)cc(C(C)(C)C)n1.[Pt+2]. The first-order valence-electron chi connectivity index (χ1n) is 19.3. The maximum Gasteiger partial charge on any atom is 2.00 e. The molecule has 2 atom stereocenters. The van der Waals surface area contributed by atoms with Crippen LogP contribution in [0.2, 0.25) is 0 Å². The van der Waals surface area contributed by atoms with Gasteiger partial charge in [0.1, 0.15) is 17.0 Å². The summed E-state index contributed by atoms with van der Waals surface area (Å²) in [6, 6.07) is 37.8. The van der Waals surface area contributed by atoms with Crippen molar-refractivity contribution >= 4 is 27.7 Å². The Hall–Kier alpha value is -4.93. The number of aliphatic imine (C=N–C) groups is 1. The molecular weight excluding hydrogens is 870 g/mol. The number of nitrogens with zero attached hydrogens (tertiary/aromatic N) is 5. The molecule has 0 bridgehead atoms. The van der Waals surface area contributed by atoms with Crippen LogP contribution < -0.4 is 0 Å². The van der Waals surface area contributed by atoms with Gasteiger partial charge in [-0.3, -0.25) is 19.9 Å². The molecule has 0 spiro atoms. The summed E-state index contributed by atoms with van der Waals surface area (Å²) in [6.45, 7) is 21.8. The molecule has 0 radical (unpaired) electrons. The van der Waals surface area contributed by atoms with E-state index in [4.69, 9.17) is 24.7 Å². The van der Waals surface area contributed by atoms with Crippen molar-refractivity contribution in [1.82, 2.24) is 19.5 Å². The zero-order valence-electron chi connectivity index (χ0n) is 33.8. The van der Waals surface area contributed by atoms with Crippen molar-refractivity contribution in [3.8, 4) is 17.2 Å². The van der Waals surface area contributed by atoms with Gasteiger partial charge in [0.2, 0.25) is 0 Å². The Kier molecular flexibility index (Phi) is 8.86. The molecule has 1 aliphatic heterocycles. The van der Waals surface area contributed by atoms with Crippen LogP contribution in [0.4, 0.5) is 0 Å². The molecule has 0 fully saturated rings. The van der Waals surface area contributed by atoms with E-state index < -0.39 is 11.1 Å². The summed E-state index contributed by atoms with van der Waals surface area (Å²) in [6.07, 6.45) is 2.69. The van der Waals surface area contributed by atoms with E-state index in [9.17, 15) is 0 Å². The van der Waals surface area contributed by atoms with E-state index in [1.165, 1.54) is 22.3 Å². The van der Waals surface area contributed by atoms with Gasteiger partial charge in [0, 0.05) is 28.4 Å². The van der Waals surface area contributed by atoms with Crippen LogP contribution in [0, 0.1) is 26.0 Å². The van der Waals surface area contributed by atoms with Crippen molar-refractivity contribution < 1.29 is 25.8 Å². The number of hydrogen-bond donors (Lipinski definition) is 0. The third kappa shape index (κ3) is 5.86. The average Bonchev–Trinajstić information content (AvgIpc) is 3.58. The van der Waals surface area contributed by atoms with Crippen LogP contribution in [0.1, 0.15) is 106 Å². The molecular formula is C49H47N5OPt. The van der Waals surface area contributed by atoms with Gasteiger partial charge in [-0.1, -0.05) is 120 Å². The van der Waals surface area contributed by atoms with E-state index in [0.717, 1.165) is 61.9 Å². The van der Waals surface area contributed by atoms with E-state index in [0.29, 0.717) is 17.5 Å². The van der Waals surface area contributed by atoms with Gasteiger partial charge >= 0.3 is 21.1 Å². The molecule has 0 N–H and O–H groups in total. The molecule has 2 aliphatic rings. The Balaban J connectivity index is 0.00000441. The molecule has 7 heteroatoms. The van der Waals surface area contributed by atoms with Crippen LogP contribution in [-0.4, -0.2) is 25.4 Å². The standard InChI is InChI=1S/C49H47N5O.Pt/c1-29-19-20-39-35(23-29)36-24-30(2)34(44-50-22-21-41(52-44)46(3,4)5)28-40(36)54(39)43-27-33(26-42(51-43)47(6,7)8)45-53-48(9)37-17-13-11-15-31(37)25-32-16-12-14-18-38(32)49(48,10)55-45;/h11-24,26H,25H2,1-10H3;/q-2;+2/t48-,49+;/m1./s1. The number of rotatable bonds is 3. The number of benzene rings is 4. The summed E-state index contributed by atoms with van der Waals surface area (Å²) in [5.74, 6) is 1.89. The van der Waals surface area contributed by atoms with Gasteiger partial charge in [0.15, 0.2) is 0 Å². The molecule has 4 heterocycles. The molecule has 0 amide bonds. The maximum atomic E-state index is 7.22. The van der Waals surface area contributed by atoms with E-state index in [1.807, 2.05) is 12.3 Å². The van der Waals surface area contributed by atoms with Crippen LogP contribution in [0.25, 0.3) is 39.0 Å². The molecule has 284 valence electrons. The number of pyridine rings is 1. The summed E-state index contributed by atoms with van der Waals surface area (Å²) in [5.41, 5.74) is 10.7. The molecule has 0 saturated carbocycles. The van der Waals surface area contributed by atoms with Crippen LogP contribution in [0.3, 0.4) is 0 Å². The van der Waals surface area contributed by atoms with Crippen LogP contribution in [0.5, 0.6) is 0 Å². The van der Waals surface area contributed by atoms with Crippen molar-refractivity contribution in [3.05, 3.63) is 154 Å². The second kappa shape index (κ2) is 13.1. The Labute approximate surface area is 344 Å². The fourth-order valence-electron chi connectivity index (χ4n) is 8.50. The van der Waals surface area contributed by atoms with Crippen molar-refractivity contribution in [1.29, 1.82) is 0 Å². The number of aromatic nitrogens is 4. The minimum absolute atomic E-state index is 0. The molecule has 7 aromatic rings. The first kappa shape index (κ1) is 38.0. The van der Waals surface area contributed by atoms with E-state index in [-0.39, 0.29) is 31.9 Å². The summed E-state index contributed by atoms with van der Waals surface area (Å²) in [5, 5.41) is 2.22. The zero-order valence-corrected chi connectivity index (χ0v) is 36.1. The Morgan fingerprint density at radius 2 is 1.41 bits per heavy atom. The molecule has 3 aromatic heterocycles. The van der Waals surface area contributed by atoms with Gasteiger partial charge < -0.3 is 9.30 Å². The summed E-state index contributed by atoms with van der Waals surface area (Å²) < 4.78 is 9.42. The van der Waals surface area contributed by atoms with Crippen molar-refractivity contribution in [2.24, 2.45) is 4.99 Å². The second-order valence-electron chi connectivity index (χ2n) is 17.8. The molecule has 0 saturated heterocycles. The Morgan fingerprint density at radius 1 is 0.732 bits per heavy atom. The van der Waals surface area contributed by atoms with E-state index in [2.05, 4.69) is 165 Å². The largest absolute Gasteiger partial charge is 2.00 e. The minimum atomic E-state index is -0.753. The quantitative estimate of drug-likeness (QED) is 0.166. The number of aryl methyl sites for hydroxylation is 2. The smallest absolute Gasteiger partial charge is 0.522 e. The van der Waals surface area contributed by atoms with Crippen LogP contribution >= 0.6 is 0 Å². The molecule has 6 nitrogen and oxygen atoms in total. The first-order chi connectivity index (χ1) is 26.0.